The summed E-state index contributed by atoms with van der Waals surface area (Å²) in [4.78, 5) is 0. The number of hydrogen-bond donors (Lipinski definition) is 5. The molecule has 0 fully saturated rings. The van der Waals surface area contributed by atoms with Gasteiger partial charge in [-0.2, -0.15) is 25.3 Å². The second-order valence-corrected chi connectivity index (χ2v) is 3.74. The van der Waals surface area contributed by atoms with Gasteiger partial charge in [-0.3, -0.25) is 0 Å². The third kappa shape index (κ3) is 8.20. The van der Waals surface area contributed by atoms with Crippen LogP contribution in [0.1, 0.15) is 0 Å². The van der Waals surface area contributed by atoms with Crippen molar-refractivity contribution in [2.45, 2.75) is 12.1 Å². The zero-order valence-corrected chi connectivity index (χ0v) is 11.4. The smallest absolute Gasteiger partial charge is 0.0281 e. The summed E-state index contributed by atoms with van der Waals surface area (Å²) in [5.74, 6) is 1.70. The molecule has 0 heterocycles. The van der Waals surface area contributed by atoms with Gasteiger partial charge >= 0.3 is 0 Å². The fraction of sp³-hybridized carbons (Fsp3) is 1.00. The molecule has 14 heavy (non-hydrogen) atoms. The van der Waals surface area contributed by atoms with E-state index in [2.05, 4.69) is 41.2 Å². The minimum atomic E-state index is 0. The standard InChI is InChI=1S/C8H21N3S2.ClH/c1-9-3-8(6-13)11-4-7(5-12)10-2;/h7-13H,3-6H2,1-2H3;1H/t7-,8-;/m1./s1. The van der Waals surface area contributed by atoms with Gasteiger partial charge in [-0.05, 0) is 14.1 Å². The van der Waals surface area contributed by atoms with Gasteiger partial charge in [0.25, 0.3) is 0 Å². The van der Waals surface area contributed by atoms with E-state index in [4.69, 9.17) is 0 Å². The average molecular weight is 260 g/mol. The summed E-state index contributed by atoms with van der Waals surface area (Å²) in [5, 5.41) is 9.74. The zero-order chi connectivity index (χ0) is 10.1. The molecule has 0 amide bonds. The Morgan fingerprint density at radius 2 is 1.57 bits per heavy atom. The Balaban J connectivity index is 0. The Kier molecular flexibility index (Phi) is 14.7. The molecular formula is C8H22ClN3S2. The highest BCUT2D eigenvalue weighted by molar-refractivity contribution is 7.80. The van der Waals surface area contributed by atoms with Crippen LogP contribution >= 0.6 is 37.7 Å². The SMILES string of the molecule is CNC[C@H](CS)NC[C@H](CS)NC.Cl. The molecule has 88 valence electrons. The van der Waals surface area contributed by atoms with Crippen molar-refractivity contribution < 1.29 is 0 Å². The van der Waals surface area contributed by atoms with Crippen LogP contribution in [-0.4, -0.2) is 50.8 Å². The predicted octanol–water partition coefficient (Wildman–Crippen LogP) is 0.0334. The summed E-state index contributed by atoms with van der Waals surface area (Å²) in [7, 11) is 3.91. The monoisotopic (exact) mass is 259 g/mol. The van der Waals surface area contributed by atoms with Crippen LogP contribution in [0.15, 0.2) is 0 Å². The molecular weight excluding hydrogens is 238 g/mol. The van der Waals surface area contributed by atoms with Gasteiger partial charge in [0.15, 0.2) is 0 Å². The molecule has 2 atom stereocenters. The third-order valence-corrected chi connectivity index (χ3v) is 2.83. The molecule has 3 N–H and O–H groups in total. The summed E-state index contributed by atoms with van der Waals surface area (Å²) < 4.78 is 0. The Morgan fingerprint density at radius 3 is 1.93 bits per heavy atom. The highest BCUT2D eigenvalue weighted by Gasteiger charge is 2.07. The van der Waals surface area contributed by atoms with Crippen molar-refractivity contribution >= 4 is 37.7 Å². The Bertz CT molecular complexity index is 115. The van der Waals surface area contributed by atoms with Gasteiger partial charge in [-0.15, -0.1) is 12.4 Å². The highest BCUT2D eigenvalue weighted by atomic mass is 35.5. The number of thiol groups is 2. The van der Waals surface area contributed by atoms with Gasteiger partial charge in [0, 0.05) is 36.7 Å². The van der Waals surface area contributed by atoms with Crippen molar-refractivity contribution in [2.75, 3.05) is 38.7 Å². The lowest BCUT2D eigenvalue weighted by Crippen LogP contribution is -2.46. The highest BCUT2D eigenvalue weighted by Crippen LogP contribution is 1.89. The van der Waals surface area contributed by atoms with E-state index in [1.54, 1.807) is 0 Å². The van der Waals surface area contributed by atoms with E-state index in [-0.39, 0.29) is 12.4 Å². The van der Waals surface area contributed by atoms with E-state index >= 15 is 0 Å². The van der Waals surface area contributed by atoms with E-state index in [0.29, 0.717) is 12.1 Å². The van der Waals surface area contributed by atoms with Crippen LogP contribution in [0.25, 0.3) is 0 Å². The molecule has 0 aliphatic rings. The first-order chi connectivity index (χ1) is 6.28. The molecule has 0 bridgehead atoms. The second-order valence-electron chi connectivity index (χ2n) is 3.01. The van der Waals surface area contributed by atoms with Gasteiger partial charge in [0.2, 0.25) is 0 Å². The molecule has 0 radical (unpaired) electrons. The van der Waals surface area contributed by atoms with Crippen LogP contribution in [0.2, 0.25) is 0 Å². The Morgan fingerprint density at radius 1 is 1.00 bits per heavy atom. The fourth-order valence-corrected chi connectivity index (χ4v) is 1.58. The van der Waals surface area contributed by atoms with Crippen LogP contribution in [-0.2, 0) is 0 Å². The first-order valence-electron chi connectivity index (χ1n) is 4.55. The molecule has 0 aromatic carbocycles. The third-order valence-electron chi connectivity index (χ3n) is 1.95. The van der Waals surface area contributed by atoms with E-state index in [9.17, 15) is 0 Å². The van der Waals surface area contributed by atoms with Crippen molar-refractivity contribution in [3.8, 4) is 0 Å². The molecule has 3 nitrogen and oxygen atoms in total. The Labute approximate surface area is 104 Å². The maximum absolute atomic E-state index is 4.27. The number of halogens is 1. The number of hydrogen-bond acceptors (Lipinski definition) is 5. The van der Waals surface area contributed by atoms with Crippen molar-refractivity contribution in [3.63, 3.8) is 0 Å². The van der Waals surface area contributed by atoms with Crippen molar-refractivity contribution in [1.29, 1.82) is 0 Å². The molecule has 0 unspecified atom stereocenters. The van der Waals surface area contributed by atoms with Crippen LogP contribution in [0.3, 0.4) is 0 Å². The first kappa shape index (κ1) is 17.3. The van der Waals surface area contributed by atoms with Crippen molar-refractivity contribution in [3.05, 3.63) is 0 Å². The quantitative estimate of drug-likeness (QED) is 0.400. The average Bonchev–Trinajstić information content (AvgIpc) is 2.17. The molecule has 0 rings (SSSR count). The van der Waals surface area contributed by atoms with E-state index in [1.807, 2.05) is 14.1 Å². The topological polar surface area (TPSA) is 36.1 Å². The number of rotatable bonds is 8. The lowest BCUT2D eigenvalue weighted by atomic mass is 10.3. The van der Waals surface area contributed by atoms with Crippen LogP contribution in [0.5, 0.6) is 0 Å². The Hall–Kier alpha value is 0.870. The first-order valence-corrected chi connectivity index (χ1v) is 5.81. The van der Waals surface area contributed by atoms with Crippen LogP contribution < -0.4 is 16.0 Å². The summed E-state index contributed by atoms with van der Waals surface area (Å²) in [6.07, 6.45) is 0. The number of nitrogens with one attached hydrogen (secondary N) is 3. The van der Waals surface area contributed by atoms with Gasteiger partial charge in [-0.1, -0.05) is 0 Å². The summed E-state index contributed by atoms with van der Waals surface area (Å²) >= 11 is 8.51. The van der Waals surface area contributed by atoms with E-state index < -0.39 is 0 Å². The van der Waals surface area contributed by atoms with Gasteiger partial charge in [0.05, 0.1) is 0 Å². The molecule has 0 saturated heterocycles. The molecule has 0 saturated carbocycles. The minimum Gasteiger partial charge on any atom is -0.318 e. The van der Waals surface area contributed by atoms with Gasteiger partial charge in [0.1, 0.15) is 0 Å². The largest absolute Gasteiger partial charge is 0.318 e. The molecule has 0 aliphatic carbocycles. The molecule has 6 heteroatoms. The zero-order valence-electron chi connectivity index (χ0n) is 8.79. The second kappa shape index (κ2) is 11.9. The predicted molar refractivity (Wildman–Crippen MR) is 73.5 cm³/mol. The summed E-state index contributed by atoms with van der Waals surface area (Å²) in [5.41, 5.74) is 0. The van der Waals surface area contributed by atoms with E-state index in [0.717, 1.165) is 24.6 Å². The lowest BCUT2D eigenvalue weighted by Gasteiger charge is -2.20. The van der Waals surface area contributed by atoms with E-state index in [1.165, 1.54) is 0 Å². The summed E-state index contributed by atoms with van der Waals surface area (Å²) in [6.45, 7) is 1.89. The molecule has 0 aliphatic heterocycles. The molecule has 0 spiro atoms. The minimum absolute atomic E-state index is 0. The fourth-order valence-electron chi connectivity index (χ4n) is 1.01. The number of likely N-dealkylation sites (N-methyl/N-ethyl adjacent to an activating group) is 2. The van der Waals surface area contributed by atoms with Crippen molar-refractivity contribution in [2.24, 2.45) is 0 Å². The maximum atomic E-state index is 4.27. The maximum Gasteiger partial charge on any atom is 0.0281 e. The summed E-state index contributed by atoms with van der Waals surface area (Å²) in [6, 6.07) is 0.867. The lowest BCUT2D eigenvalue weighted by molar-refractivity contribution is 0.479. The van der Waals surface area contributed by atoms with Gasteiger partial charge < -0.3 is 16.0 Å². The normalized spacial score (nSPS) is 14.6. The van der Waals surface area contributed by atoms with Gasteiger partial charge in [-0.25, -0.2) is 0 Å². The van der Waals surface area contributed by atoms with Crippen LogP contribution in [0, 0.1) is 0 Å². The molecule has 0 aromatic rings. The molecule has 0 aromatic heterocycles. The van der Waals surface area contributed by atoms with Crippen molar-refractivity contribution in [1.82, 2.24) is 16.0 Å². The van der Waals surface area contributed by atoms with Crippen LogP contribution in [0.4, 0.5) is 0 Å².